The number of nitrogens with zero attached hydrogens (tertiary/aromatic N) is 2. The fourth-order valence-corrected chi connectivity index (χ4v) is 2.53. The van der Waals surface area contributed by atoms with E-state index in [0.29, 0.717) is 11.1 Å². The van der Waals surface area contributed by atoms with Gasteiger partial charge in [-0.3, -0.25) is 0 Å². The van der Waals surface area contributed by atoms with E-state index in [1.807, 2.05) is 0 Å². The highest BCUT2D eigenvalue weighted by Gasteiger charge is 2.16. The van der Waals surface area contributed by atoms with E-state index in [1.165, 1.54) is 17.5 Å². The van der Waals surface area contributed by atoms with Gasteiger partial charge in [-0.25, -0.2) is 9.97 Å². The normalized spacial score (nSPS) is 11.0. The van der Waals surface area contributed by atoms with Gasteiger partial charge in [-0.05, 0) is 25.3 Å². The minimum atomic E-state index is 0.300. The molecule has 2 nitrogen and oxygen atoms in total. The van der Waals surface area contributed by atoms with Crippen LogP contribution in [0.4, 0.5) is 0 Å². The highest BCUT2D eigenvalue weighted by Crippen LogP contribution is 2.33. The van der Waals surface area contributed by atoms with Crippen LogP contribution in [0.5, 0.6) is 0 Å². The monoisotopic (exact) mass is 260 g/mol. The zero-order valence-corrected chi connectivity index (χ0v) is 11.9. The average molecular weight is 261 g/mol. The quantitative estimate of drug-likeness (QED) is 0.741. The van der Waals surface area contributed by atoms with E-state index in [1.54, 1.807) is 0 Å². The van der Waals surface area contributed by atoms with Crippen LogP contribution in [-0.4, -0.2) is 9.97 Å². The summed E-state index contributed by atoms with van der Waals surface area (Å²) in [6.07, 6.45) is 1.53. The van der Waals surface area contributed by atoms with Gasteiger partial charge in [-0.1, -0.05) is 49.2 Å². The lowest BCUT2D eigenvalue weighted by atomic mass is 9.95. The molecular formula is C15H17ClN2. The van der Waals surface area contributed by atoms with Gasteiger partial charge in [0.2, 0.25) is 0 Å². The Morgan fingerprint density at radius 1 is 1.11 bits per heavy atom. The smallest absolute Gasteiger partial charge is 0.136 e. The van der Waals surface area contributed by atoms with Crippen LogP contribution in [0.25, 0.3) is 11.3 Å². The van der Waals surface area contributed by atoms with Gasteiger partial charge in [0.1, 0.15) is 11.5 Å². The molecule has 1 heterocycles. The van der Waals surface area contributed by atoms with E-state index in [4.69, 9.17) is 11.6 Å². The second kappa shape index (κ2) is 5.07. The molecule has 0 fully saturated rings. The summed E-state index contributed by atoms with van der Waals surface area (Å²) < 4.78 is 0. The van der Waals surface area contributed by atoms with Crippen molar-refractivity contribution in [3.63, 3.8) is 0 Å². The van der Waals surface area contributed by atoms with Crippen molar-refractivity contribution in [2.75, 3.05) is 0 Å². The average Bonchev–Trinajstić information content (AvgIpc) is 2.28. The van der Waals surface area contributed by atoms with Gasteiger partial charge >= 0.3 is 0 Å². The van der Waals surface area contributed by atoms with Gasteiger partial charge < -0.3 is 0 Å². The molecule has 2 aromatic rings. The number of rotatable bonds is 2. The molecule has 0 amide bonds. The third-order valence-electron chi connectivity index (χ3n) is 3.05. The molecule has 0 saturated heterocycles. The van der Waals surface area contributed by atoms with Gasteiger partial charge in [0.05, 0.1) is 5.69 Å². The van der Waals surface area contributed by atoms with E-state index in [0.717, 1.165) is 16.8 Å². The number of aryl methyl sites for hydroxylation is 2. The van der Waals surface area contributed by atoms with E-state index >= 15 is 0 Å². The number of benzene rings is 1. The maximum absolute atomic E-state index is 6.21. The molecule has 1 aromatic carbocycles. The summed E-state index contributed by atoms with van der Waals surface area (Å²) in [6, 6.07) is 6.37. The van der Waals surface area contributed by atoms with Gasteiger partial charge in [-0.2, -0.15) is 0 Å². The predicted octanol–water partition coefficient (Wildman–Crippen LogP) is 4.54. The summed E-state index contributed by atoms with van der Waals surface area (Å²) in [7, 11) is 0. The Morgan fingerprint density at radius 3 is 2.44 bits per heavy atom. The Bertz CT molecular complexity index is 577. The minimum Gasteiger partial charge on any atom is -0.236 e. The van der Waals surface area contributed by atoms with Crippen LogP contribution < -0.4 is 0 Å². The van der Waals surface area contributed by atoms with E-state index in [2.05, 4.69) is 55.9 Å². The molecule has 0 atom stereocenters. The molecule has 3 heteroatoms. The van der Waals surface area contributed by atoms with Crippen molar-refractivity contribution in [2.45, 2.75) is 33.6 Å². The topological polar surface area (TPSA) is 25.8 Å². The second-order valence-electron chi connectivity index (χ2n) is 4.90. The van der Waals surface area contributed by atoms with Crippen molar-refractivity contribution < 1.29 is 0 Å². The maximum Gasteiger partial charge on any atom is 0.136 e. The van der Waals surface area contributed by atoms with E-state index < -0.39 is 0 Å². The molecule has 0 spiro atoms. The summed E-state index contributed by atoms with van der Waals surface area (Å²) in [6.45, 7) is 8.41. The van der Waals surface area contributed by atoms with Gasteiger partial charge in [0, 0.05) is 11.1 Å². The van der Waals surface area contributed by atoms with Gasteiger partial charge in [0.15, 0.2) is 0 Å². The lowest BCUT2D eigenvalue weighted by Crippen LogP contribution is -2.00. The first-order valence-corrected chi connectivity index (χ1v) is 6.46. The molecule has 94 valence electrons. The first-order chi connectivity index (χ1) is 8.50. The minimum absolute atomic E-state index is 0.300. The van der Waals surface area contributed by atoms with E-state index in [9.17, 15) is 0 Å². The molecule has 0 N–H and O–H groups in total. The lowest BCUT2D eigenvalue weighted by molar-refractivity contribution is 0.849. The number of aromatic nitrogens is 2. The SMILES string of the molecule is Cc1ccc(-c2ncnc(Cl)c2C(C)C)c(C)c1. The summed E-state index contributed by atoms with van der Waals surface area (Å²) in [5.74, 6) is 0.300. The molecule has 1 aromatic heterocycles. The highest BCUT2D eigenvalue weighted by molar-refractivity contribution is 6.30. The van der Waals surface area contributed by atoms with Crippen molar-refractivity contribution in [1.82, 2.24) is 9.97 Å². The van der Waals surface area contributed by atoms with Gasteiger partial charge in [-0.15, -0.1) is 0 Å². The van der Waals surface area contributed by atoms with Crippen LogP contribution in [0, 0.1) is 13.8 Å². The summed E-state index contributed by atoms with van der Waals surface area (Å²) >= 11 is 6.21. The molecular weight excluding hydrogens is 244 g/mol. The molecule has 0 saturated carbocycles. The van der Waals surface area contributed by atoms with Crippen molar-refractivity contribution >= 4 is 11.6 Å². The standard InChI is InChI=1S/C15H17ClN2/c1-9(2)13-14(17-8-18-15(13)16)12-6-5-10(3)7-11(12)4/h5-9H,1-4H3. The van der Waals surface area contributed by atoms with Crippen LogP contribution in [0.3, 0.4) is 0 Å². The molecule has 0 unspecified atom stereocenters. The Labute approximate surface area is 113 Å². The zero-order chi connectivity index (χ0) is 13.3. The third kappa shape index (κ3) is 2.39. The van der Waals surface area contributed by atoms with Crippen LogP contribution in [0.1, 0.15) is 36.5 Å². The lowest BCUT2D eigenvalue weighted by Gasteiger charge is -2.14. The summed E-state index contributed by atoms with van der Waals surface area (Å²) in [5, 5.41) is 0.551. The van der Waals surface area contributed by atoms with Crippen LogP contribution >= 0.6 is 11.6 Å². The number of halogens is 1. The first-order valence-electron chi connectivity index (χ1n) is 6.08. The Balaban J connectivity index is 2.67. The second-order valence-corrected chi connectivity index (χ2v) is 5.26. The molecule has 0 aliphatic heterocycles. The first kappa shape index (κ1) is 13.0. The van der Waals surface area contributed by atoms with Crippen LogP contribution in [-0.2, 0) is 0 Å². The van der Waals surface area contributed by atoms with Crippen molar-refractivity contribution in [3.8, 4) is 11.3 Å². The Morgan fingerprint density at radius 2 is 1.83 bits per heavy atom. The number of hydrogen-bond acceptors (Lipinski definition) is 2. The molecule has 0 aliphatic rings. The van der Waals surface area contributed by atoms with E-state index in [-0.39, 0.29) is 0 Å². The third-order valence-corrected chi connectivity index (χ3v) is 3.35. The largest absolute Gasteiger partial charge is 0.236 e. The zero-order valence-electron chi connectivity index (χ0n) is 11.2. The summed E-state index contributed by atoms with van der Waals surface area (Å²) in [5.41, 5.74) is 5.57. The number of hydrogen-bond donors (Lipinski definition) is 0. The molecule has 0 aliphatic carbocycles. The maximum atomic E-state index is 6.21. The van der Waals surface area contributed by atoms with Gasteiger partial charge in [0.25, 0.3) is 0 Å². The summed E-state index contributed by atoms with van der Waals surface area (Å²) in [4.78, 5) is 8.51. The van der Waals surface area contributed by atoms with Crippen molar-refractivity contribution in [3.05, 3.63) is 46.4 Å². The molecule has 0 bridgehead atoms. The molecule has 0 radical (unpaired) electrons. The molecule has 18 heavy (non-hydrogen) atoms. The van der Waals surface area contributed by atoms with Crippen LogP contribution in [0.2, 0.25) is 5.15 Å². The Kier molecular flexibility index (Phi) is 3.67. The molecule has 2 rings (SSSR count). The fourth-order valence-electron chi connectivity index (χ4n) is 2.18. The van der Waals surface area contributed by atoms with Crippen LogP contribution in [0.15, 0.2) is 24.5 Å². The highest BCUT2D eigenvalue weighted by atomic mass is 35.5. The van der Waals surface area contributed by atoms with Crippen molar-refractivity contribution in [2.24, 2.45) is 0 Å². The fraction of sp³-hybridized carbons (Fsp3) is 0.333. The Hall–Kier alpha value is -1.41. The predicted molar refractivity (Wildman–Crippen MR) is 76.0 cm³/mol. The van der Waals surface area contributed by atoms with Crippen molar-refractivity contribution in [1.29, 1.82) is 0 Å².